The van der Waals surface area contributed by atoms with Crippen LogP contribution in [0, 0.1) is 6.92 Å². The van der Waals surface area contributed by atoms with E-state index in [0.29, 0.717) is 11.6 Å². The van der Waals surface area contributed by atoms with E-state index in [9.17, 15) is 4.79 Å². The molecule has 0 aliphatic carbocycles. The molecule has 25 heavy (non-hydrogen) atoms. The van der Waals surface area contributed by atoms with Crippen molar-refractivity contribution >= 4 is 39.8 Å². The third-order valence-corrected chi connectivity index (χ3v) is 4.48. The number of nitrogens with one attached hydrogen (secondary N) is 2. The van der Waals surface area contributed by atoms with E-state index in [4.69, 9.17) is 11.6 Å². The Kier molecular flexibility index (Phi) is 5.63. The van der Waals surface area contributed by atoms with Gasteiger partial charge >= 0.3 is 0 Å². The van der Waals surface area contributed by atoms with Crippen LogP contribution in [0.2, 0.25) is 5.02 Å². The number of hydrogen-bond donors (Lipinski definition) is 2. The molecule has 0 aliphatic heterocycles. The number of hydrogen-bond acceptors (Lipinski definition) is 5. The molecular formula is C18H17ClN4OS. The van der Waals surface area contributed by atoms with Gasteiger partial charge < -0.3 is 10.6 Å². The first kappa shape index (κ1) is 17.4. The number of carbonyl (C=O) groups is 1. The highest BCUT2D eigenvalue weighted by atomic mass is 35.5. The topological polar surface area (TPSA) is 66.9 Å². The van der Waals surface area contributed by atoms with E-state index in [1.54, 1.807) is 12.1 Å². The highest BCUT2D eigenvalue weighted by molar-refractivity contribution is 7.13. The Hall–Kier alpha value is -2.44. The standard InChI is InChI=1S/C18H17ClN4OS/c1-12-3-2-4-16(21-12)23-18-22-15(11-25-18)9-17(24)20-10-13-5-7-14(19)8-6-13/h2-8,11H,9-10H2,1H3,(H,20,24)(H,21,22,23). The molecule has 0 unspecified atom stereocenters. The van der Waals surface area contributed by atoms with Gasteiger partial charge in [0.25, 0.3) is 0 Å². The van der Waals surface area contributed by atoms with Crippen LogP contribution < -0.4 is 10.6 Å². The van der Waals surface area contributed by atoms with Gasteiger partial charge in [0.1, 0.15) is 5.82 Å². The average Bonchev–Trinajstić information content (AvgIpc) is 3.01. The van der Waals surface area contributed by atoms with E-state index in [1.165, 1.54) is 11.3 Å². The smallest absolute Gasteiger partial charge is 0.226 e. The second-order valence-corrected chi connectivity index (χ2v) is 6.81. The van der Waals surface area contributed by atoms with Crippen LogP contribution >= 0.6 is 22.9 Å². The Bertz CT molecular complexity index is 864. The molecule has 2 aromatic heterocycles. The quantitative estimate of drug-likeness (QED) is 0.683. The number of aromatic nitrogens is 2. The monoisotopic (exact) mass is 372 g/mol. The van der Waals surface area contributed by atoms with Gasteiger partial charge in [-0.15, -0.1) is 11.3 Å². The first-order valence-corrected chi connectivity index (χ1v) is 9.00. The van der Waals surface area contributed by atoms with Crippen LogP contribution in [0.1, 0.15) is 17.0 Å². The molecule has 0 atom stereocenters. The molecule has 0 bridgehead atoms. The summed E-state index contributed by atoms with van der Waals surface area (Å²) >= 11 is 7.30. The Morgan fingerprint density at radius 2 is 1.96 bits per heavy atom. The first-order valence-electron chi connectivity index (χ1n) is 7.75. The SMILES string of the molecule is Cc1cccc(Nc2nc(CC(=O)NCc3ccc(Cl)cc3)cs2)n1. The molecule has 0 spiro atoms. The zero-order valence-corrected chi connectivity index (χ0v) is 15.2. The van der Waals surface area contributed by atoms with Crippen molar-refractivity contribution in [3.63, 3.8) is 0 Å². The number of carbonyl (C=O) groups excluding carboxylic acids is 1. The molecule has 0 aliphatic rings. The third kappa shape index (κ3) is 5.27. The van der Waals surface area contributed by atoms with Gasteiger partial charge in [-0.3, -0.25) is 4.79 Å². The van der Waals surface area contributed by atoms with E-state index in [2.05, 4.69) is 20.6 Å². The van der Waals surface area contributed by atoms with Crippen LogP contribution in [-0.4, -0.2) is 15.9 Å². The summed E-state index contributed by atoms with van der Waals surface area (Å²) in [7, 11) is 0. The highest BCUT2D eigenvalue weighted by Gasteiger charge is 2.08. The fourth-order valence-electron chi connectivity index (χ4n) is 2.20. The molecule has 0 saturated carbocycles. The molecular weight excluding hydrogens is 356 g/mol. The molecule has 2 heterocycles. The van der Waals surface area contributed by atoms with E-state index in [1.807, 2.05) is 42.6 Å². The maximum absolute atomic E-state index is 12.1. The van der Waals surface area contributed by atoms with Gasteiger partial charge in [-0.2, -0.15) is 0 Å². The van der Waals surface area contributed by atoms with Gasteiger partial charge in [0.05, 0.1) is 12.1 Å². The lowest BCUT2D eigenvalue weighted by atomic mass is 10.2. The Morgan fingerprint density at radius 1 is 1.16 bits per heavy atom. The number of rotatable bonds is 6. The predicted molar refractivity (Wildman–Crippen MR) is 101 cm³/mol. The van der Waals surface area contributed by atoms with Crippen molar-refractivity contribution in [2.75, 3.05) is 5.32 Å². The highest BCUT2D eigenvalue weighted by Crippen LogP contribution is 2.20. The van der Waals surface area contributed by atoms with Gasteiger partial charge in [-0.25, -0.2) is 9.97 Å². The van der Waals surface area contributed by atoms with Gasteiger partial charge in [0.15, 0.2) is 5.13 Å². The van der Waals surface area contributed by atoms with Gasteiger partial charge in [-0.05, 0) is 36.8 Å². The average molecular weight is 373 g/mol. The molecule has 0 fully saturated rings. The van der Waals surface area contributed by atoms with Crippen molar-refractivity contribution in [1.82, 2.24) is 15.3 Å². The number of amides is 1. The molecule has 1 aromatic carbocycles. The normalized spacial score (nSPS) is 10.5. The molecule has 1 amide bonds. The summed E-state index contributed by atoms with van der Waals surface area (Å²) in [6.45, 7) is 2.40. The lowest BCUT2D eigenvalue weighted by Crippen LogP contribution is -2.24. The number of benzene rings is 1. The maximum Gasteiger partial charge on any atom is 0.226 e. The number of nitrogens with zero attached hydrogens (tertiary/aromatic N) is 2. The van der Waals surface area contributed by atoms with Crippen molar-refractivity contribution in [3.8, 4) is 0 Å². The fourth-order valence-corrected chi connectivity index (χ4v) is 3.04. The summed E-state index contributed by atoms with van der Waals surface area (Å²) in [6, 6.07) is 13.1. The van der Waals surface area contributed by atoms with Crippen molar-refractivity contribution in [2.24, 2.45) is 0 Å². The minimum Gasteiger partial charge on any atom is -0.352 e. The summed E-state index contributed by atoms with van der Waals surface area (Å²) in [6.07, 6.45) is 0.243. The molecule has 3 aromatic rings. The molecule has 128 valence electrons. The maximum atomic E-state index is 12.1. The molecule has 0 saturated heterocycles. The van der Waals surface area contributed by atoms with E-state index in [-0.39, 0.29) is 12.3 Å². The Balaban J connectivity index is 1.52. The second kappa shape index (κ2) is 8.09. The predicted octanol–water partition coefficient (Wildman–Crippen LogP) is 4.10. The van der Waals surface area contributed by atoms with Crippen molar-refractivity contribution in [2.45, 2.75) is 19.9 Å². The van der Waals surface area contributed by atoms with Crippen LogP contribution in [0.5, 0.6) is 0 Å². The summed E-state index contributed by atoms with van der Waals surface area (Å²) in [5.41, 5.74) is 2.67. The lowest BCUT2D eigenvalue weighted by Gasteiger charge is -2.04. The largest absolute Gasteiger partial charge is 0.352 e. The lowest BCUT2D eigenvalue weighted by molar-refractivity contribution is -0.120. The second-order valence-electron chi connectivity index (χ2n) is 5.51. The van der Waals surface area contributed by atoms with Crippen molar-refractivity contribution in [1.29, 1.82) is 0 Å². The van der Waals surface area contributed by atoms with Crippen LogP contribution in [-0.2, 0) is 17.8 Å². The summed E-state index contributed by atoms with van der Waals surface area (Å²) in [5, 5.41) is 9.31. The van der Waals surface area contributed by atoms with Crippen LogP contribution in [0.4, 0.5) is 10.9 Å². The number of aryl methyl sites for hydroxylation is 1. The van der Waals surface area contributed by atoms with Gasteiger partial charge in [0, 0.05) is 22.6 Å². The Morgan fingerprint density at radius 3 is 2.72 bits per heavy atom. The molecule has 3 rings (SSSR count). The van der Waals surface area contributed by atoms with Crippen molar-refractivity contribution in [3.05, 3.63) is 69.8 Å². The summed E-state index contributed by atoms with van der Waals surface area (Å²) < 4.78 is 0. The molecule has 5 nitrogen and oxygen atoms in total. The minimum absolute atomic E-state index is 0.0690. The fraction of sp³-hybridized carbons (Fsp3) is 0.167. The van der Waals surface area contributed by atoms with Gasteiger partial charge in [-0.1, -0.05) is 29.8 Å². The molecule has 0 radical (unpaired) electrons. The third-order valence-electron chi connectivity index (χ3n) is 3.42. The van der Waals surface area contributed by atoms with E-state index >= 15 is 0 Å². The van der Waals surface area contributed by atoms with Crippen molar-refractivity contribution < 1.29 is 4.79 Å². The summed E-state index contributed by atoms with van der Waals surface area (Å²) in [4.78, 5) is 20.9. The Labute approximate surface area is 155 Å². The van der Waals surface area contributed by atoms with E-state index < -0.39 is 0 Å². The number of pyridine rings is 1. The minimum atomic E-state index is -0.0690. The van der Waals surface area contributed by atoms with Crippen LogP contribution in [0.15, 0.2) is 47.8 Å². The first-order chi connectivity index (χ1) is 12.1. The molecule has 7 heteroatoms. The van der Waals surface area contributed by atoms with Crippen LogP contribution in [0.25, 0.3) is 0 Å². The van der Waals surface area contributed by atoms with Gasteiger partial charge in [0.2, 0.25) is 5.91 Å². The van der Waals surface area contributed by atoms with E-state index in [0.717, 1.165) is 27.9 Å². The van der Waals surface area contributed by atoms with Crippen LogP contribution in [0.3, 0.4) is 0 Å². The zero-order valence-electron chi connectivity index (χ0n) is 13.6. The molecule has 2 N–H and O–H groups in total. The zero-order chi connectivity index (χ0) is 17.6. The summed E-state index contributed by atoms with van der Waals surface area (Å²) in [5.74, 6) is 0.675. The number of thiazole rings is 1. The number of anilines is 2. The number of halogens is 1.